The zero-order chi connectivity index (χ0) is 20.8. The first-order valence-corrected chi connectivity index (χ1v) is 11.8. The fraction of sp³-hybridized carbons (Fsp3) is 0.400. The molecule has 3 aromatic rings. The van der Waals surface area contributed by atoms with Crippen molar-refractivity contribution >= 4 is 23.1 Å². The van der Waals surface area contributed by atoms with Crippen molar-refractivity contribution in [2.75, 3.05) is 5.32 Å². The molecule has 0 spiro atoms. The van der Waals surface area contributed by atoms with Gasteiger partial charge in [0.25, 0.3) is 0 Å². The van der Waals surface area contributed by atoms with Crippen LogP contribution in [0.5, 0.6) is 0 Å². The van der Waals surface area contributed by atoms with Gasteiger partial charge in [0.2, 0.25) is 0 Å². The summed E-state index contributed by atoms with van der Waals surface area (Å²) in [6.45, 7) is 6.99. The van der Waals surface area contributed by atoms with Gasteiger partial charge in [-0.25, -0.2) is 4.79 Å². The Hall–Kier alpha value is -2.53. The van der Waals surface area contributed by atoms with Crippen LogP contribution in [0.25, 0.3) is 5.00 Å². The van der Waals surface area contributed by atoms with Gasteiger partial charge in [0.05, 0.1) is 12.6 Å². The molecule has 0 saturated carbocycles. The van der Waals surface area contributed by atoms with Crippen LogP contribution in [-0.4, -0.2) is 15.5 Å². The summed E-state index contributed by atoms with van der Waals surface area (Å²) in [5.41, 5.74) is 7.28. The lowest BCUT2D eigenvalue weighted by Gasteiger charge is -2.30. The van der Waals surface area contributed by atoms with Crippen molar-refractivity contribution in [1.82, 2.24) is 9.47 Å². The molecule has 1 aliphatic heterocycles. The molecule has 1 atom stereocenters. The van der Waals surface area contributed by atoms with Crippen molar-refractivity contribution in [1.29, 1.82) is 0 Å². The van der Waals surface area contributed by atoms with Gasteiger partial charge in [0.1, 0.15) is 5.00 Å². The van der Waals surface area contributed by atoms with Crippen molar-refractivity contribution in [3.8, 4) is 5.00 Å². The third kappa shape index (κ3) is 3.25. The van der Waals surface area contributed by atoms with Gasteiger partial charge in [-0.3, -0.25) is 0 Å². The van der Waals surface area contributed by atoms with E-state index in [1.165, 1.54) is 46.0 Å². The Morgan fingerprint density at radius 2 is 1.90 bits per heavy atom. The maximum absolute atomic E-state index is 13.6. The van der Waals surface area contributed by atoms with Gasteiger partial charge < -0.3 is 14.8 Å². The summed E-state index contributed by atoms with van der Waals surface area (Å²) >= 11 is 1.94. The van der Waals surface area contributed by atoms with Gasteiger partial charge in [-0.15, -0.1) is 11.3 Å². The summed E-state index contributed by atoms with van der Waals surface area (Å²) in [6, 6.07) is 10.6. The fourth-order valence-corrected chi connectivity index (χ4v) is 6.55. The monoisotopic (exact) mass is 419 g/mol. The minimum atomic E-state index is -0.0109. The molecule has 2 aromatic heterocycles. The minimum Gasteiger partial charge on any atom is -0.312 e. The lowest BCUT2D eigenvalue weighted by molar-refractivity contribution is 0.181. The molecular weight excluding hydrogens is 390 g/mol. The average molecular weight is 420 g/mol. The normalized spacial score (nSPS) is 17.7. The summed E-state index contributed by atoms with van der Waals surface area (Å²) in [5, 5.41) is 4.51. The third-order valence-corrected chi connectivity index (χ3v) is 7.76. The molecule has 1 aliphatic carbocycles. The lowest BCUT2D eigenvalue weighted by Crippen LogP contribution is -2.37. The Bertz CT molecular complexity index is 1090. The van der Waals surface area contributed by atoms with Crippen molar-refractivity contribution in [3.05, 3.63) is 69.4 Å². The number of hydrogen-bond acceptors (Lipinski definition) is 2. The molecule has 2 amide bonds. The number of carbonyl (C=O) groups excluding carboxylic acids is 1. The van der Waals surface area contributed by atoms with E-state index in [0.717, 1.165) is 29.7 Å². The highest BCUT2D eigenvalue weighted by atomic mass is 32.1. The van der Waals surface area contributed by atoms with Crippen LogP contribution in [0.2, 0.25) is 0 Å². The molecule has 0 fully saturated rings. The summed E-state index contributed by atoms with van der Waals surface area (Å²) in [6.07, 6.45) is 7.91. The van der Waals surface area contributed by atoms with E-state index in [2.05, 4.69) is 60.0 Å². The number of anilines is 1. The molecule has 1 unspecified atom stereocenters. The second-order valence-electron chi connectivity index (χ2n) is 8.66. The van der Waals surface area contributed by atoms with Gasteiger partial charge in [0, 0.05) is 28.0 Å². The largest absolute Gasteiger partial charge is 0.322 e. The molecule has 4 nitrogen and oxygen atoms in total. The number of nitrogens with zero attached hydrogens (tertiary/aromatic N) is 2. The maximum Gasteiger partial charge on any atom is 0.322 e. The standard InChI is InChI=1S/C25H29N3OS/c1-4-21-22-9-7-11-27(22)24-20(19-8-5-6-10-23(19)30-24)15-28(21)25(29)26-18-13-16(2)12-17(3)14-18/h7,9,11-14,21H,4-6,8,10,15H2,1-3H3,(H,26,29). The minimum absolute atomic E-state index is 0.0109. The first kappa shape index (κ1) is 19.4. The Morgan fingerprint density at radius 1 is 1.13 bits per heavy atom. The molecule has 1 aromatic carbocycles. The van der Waals surface area contributed by atoms with Crippen LogP contribution in [0.3, 0.4) is 0 Å². The van der Waals surface area contributed by atoms with Crippen LogP contribution in [0.15, 0.2) is 36.5 Å². The fourth-order valence-electron chi connectivity index (χ4n) is 5.15. The highest BCUT2D eigenvalue weighted by Gasteiger charge is 2.34. The number of nitrogens with one attached hydrogen (secondary N) is 1. The SMILES string of the molecule is CCC1c2cccn2-c2sc3c(c2CN1C(=O)Nc1cc(C)cc(C)c1)CCCC3. The number of carbonyl (C=O) groups is 1. The molecule has 5 heteroatoms. The number of hydrogen-bond donors (Lipinski definition) is 1. The summed E-state index contributed by atoms with van der Waals surface area (Å²) in [4.78, 5) is 17.1. The van der Waals surface area contributed by atoms with Crippen LogP contribution in [0.4, 0.5) is 10.5 Å². The van der Waals surface area contributed by atoms with Crippen LogP contribution in [0.1, 0.15) is 65.1 Å². The van der Waals surface area contributed by atoms with Crippen LogP contribution in [-0.2, 0) is 19.4 Å². The quantitative estimate of drug-likeness (QED) is 0.503. The molecule has 0 bridgehead atoms. The Labute approximate surface area is 182 Å². The lowest BCUT2D eigenvalue weighted by atomic mass is 9.95. The second kappa shape index (κ2) is 7.62. The van der Waals surface area contributed by atoms with Crippen LogP contribution >= 0.6 is 11.3 Å². The predicted octanol–water partition coefficient (Wildman–Crippen LogP) is 6.53. The number of rotatable bonds is 2. The molecule has 3 heterocycles. The Balaban J connectivity index is 1.56. The third-order valence-electron chi connectivity index (χ3n) is 6.43. The summed E-state index contributed by atoms with van der Waals surface area (Å²) in [7, 11) is 0. The number of benzene rings is 1. The topological polar surface area (TPSA) is 37.3 Å². The highest BCUT2D eigenvalue weighted by Crippen LogP contribution is 2.43. The van der Waals surface area contributed by atoms with E-state index in [0.29, 0.717) is 6.54 Å². The highest BCUT2D eigenvalue weighted by molar-refractivity contribution is 7.15. The van der Waals surface area contributed by atoms with Gasteiger partial charge in [-0.05, 0) is 86.9 Å². The van der Waals surface area contributed by atoms with Gasteiger partial charge in [-0.2, -0.15) is 0 Å². The average Bonchev–Trinajstić information content (AvgIpc) is 3.29. The molecule has 5 rings (SSSR count). The molecule has 0 saturated heterocycles. The van der Waals surface area contributed by atoms with E-state index >= 15 is 0 Å². The van der Waals surface area contributed by atoms with Gasteiger partial charge >= 0.3 is 6.03 Å². The number of urea groups is 1. The van der Waals surface area contributed by atoms with E-state index in [-0.39, 0.29) is 12.1 Å². The van der Waals surface area contributed by atoms with E-state index in [1.54, 1.807) is 0 Å². The molecular formula is C25H29N3OS. The zero-order valence-electron chi connectivity index (χ0n) is 18.0. The molecule has 0 radical (unpaired) electrons. The Morgan fingerprint density at radius 3 is 2.67 bits per heavy atom. The van der Waals surface area contributed by atoms with Gasteiger partial charge in [-0.1, -0.05) is 13.0 Å². The van der Waals surface area contributed by atoms with Crippen molar-refractivity contribution < 1.29 is 4.79 Å². The number of thiophene rings is 1. The van der Waals surface area contributed by atoms with E-state index in [9.17, 15) is 4.79 Å². The van der Waals surface area contributed by atoms with E-state index in [1.807, 2.05) is 23.5 Å². The van der Waals surface area contributed by atoms with Gasteiger partial charge in [0.15, 0.2) is 0 Å². The van der Waals surface area contributed by atoms with Crippen molar-refractivity contribution in [3.63, 3.8) is 0 Å². The number of aryl methyl sites for hydroxylation is 3. The number of aromatic nitrogens is 1. The Kier molecular flexibility index (Phi) is 4.94. The number of fused-ring (bicyclic) bond motifs is 5. The maximum atomic E-state index is 13.6. The smallest absolute Gasteiger partial charge is 0.312 e. The first-order valence-electron chi connectivity index (χ1n) is 11.0. The predicted molar refractivity (Wildman–Crippen MR) is 124 cm³/mol. The second-order valence-corrected chi connectivity index (χ2v) is 9.74. The van der Waals surface area contributed by atoms with Crippen LogP contribution < -0.4 is 5.32 Å². The first-order chi connectivity index (χ1) is 14.5. The molecule has 1 N–H and O–H groups in total. The van der Waals surface area contributed by atoms with Crippen molar-refractivity contribution in [2.24, 2.45) is 0 Å². The molecule has 30 heavy (non-hydrogen) atoms. The zero-order valence-corrected chi connectivity index (χ0v) is 18.8. The van der Waals surface area contributed by atoms with Crippen molar-refractivity contribution in [2.45, 2.75) is 65.5 Å². The summed E-state index contributed by atoms with van der Waals surface area (Å²) < 4.78 is 2.34. The van der Waals surface area contributed by atoms with E-state index in [4.69, 9.17) is 0 Å². The summed E-state index contributed by atoms with van der Waals surface area (Å²) in [5.74, 6) is 0. The molecule has 156 valence electrons. The van der Waals surface area contributed by atoms with E-state index < -0.39 is 0 Å². The molecule has 2 aliphatic rings. The van der Waals surface area contributed by atoms with Crippen LogP contribution in [0, 0.1) is 13.8 Å². The number of amides is 2.